The predicted molar refractivity (Wildman–Crippen MR) is 118 cm³/mol. The van der Waals surface area contributed by atoms with Crippen LogP contribution < -0.4 is 5.73 Å². The second-order valence-corrected chi connectivity index (χ2v) is 9.40. The number of aromatic nitrogens is 1. The van der Waals surface area contributed by atoms with E-state index in [4.69, 9.17) is 10.5 Å². The molecule has 7 atom stereocenters. The third-order valence-corrected chi connectivity index (χ3v) is 7.68. The van der Waals surface area contributed by atoms with E-state index < -0.39 is 0 Å². The number of benzene rings is 1. The lowest BCUT2D eigenvalue weighted by Gasteiger charge is -2.48. The largest absolute Gasteiger partial charge is 0.462 e. The van der Waals surface area contributed by atoms with Crippen molar-refractivity contribution in [2.24, 2.45) is 35.3 Å². The Labute approximate surface area is 182 Å². The van der Waals surface area contributed by atoms with Gasteiger partial charge in [0.15, 0.2) is 0 Å². The monoisotopic (exact) mass is 420 g/mol. The van der Waals surface area contributed by atoms with Gasteiger partial charge in [0, 0.05) is 23.7 Å². The molecule has 1 aromatic carbocycles. The number of nitrogens with two attached hydrogens (primary N) is 1. The molecule has 3 aliphatic rings. The summed E-state index contributed by atoms with van der Waals surface area (Å²) in [5.74, 6) is 0.998. The first-order valence-corrected chi connectivity index (χ1v) is 11.4. The molecule has 0 unspecified atom stereocenters. The maximum Gasteiger partial charge on any atom is 0.309 e. The summed E-state index contributed by atoms with van der Waals surface area (Å²) in [5.41, 5.74) is 9.05. The molecule has 3 fully saturated rings. The van der Waals surface area contributed by atoms with Crippen LogP contribution in [0, 0.1) is 35.4 Å². The molecule has 0 spiro atoms. The molecule has 2 N–H and O–H groups in total. The number of allylic oxidation sites excluding steroid dienone is 1. The summed E-state index contributed by atoms with van der Waals surface area (Å²) in [5, 5.41) is 0. The fraction of sp³-hybridized carbons (Fsp3) is 0.462. The molecule has 2 aromatic rings. The first kappa shape index (κ1) is 20.4. The van der Waals surface area contributed by atoms with Crippen molar-refractivity contribution < 1.29 is 13.9 Å². The second kappa shape index (κ2) is 8.19. The average Bonchev–Trinajstić information content (AvgIpc) is 3.05. The van der Waals surface area contributed by atoms with E-state index in [9.17, 15) is 9.18 Å². The fourth-order valence-corrected chi connectivity index (χ4v) is 6.23. The number of ether oxygens (including phenoxy) is 1. The number of esters is 1. The van der Waals surface area contributed by atoms with E-state index in [0.717, 1.165) is 42.5 Å². The summed E-state index contributed by atoms with van der Waals surface area (Å²) in [6.07, 6.45) is 10.2. The zero-order valence-electron chi connectivity index (χ0n) is 17.8. The van der Waals surface area contributed by atoms with Gasteiger partial charge in [-0.2, -0.15) is 0 Å². The summed E-state index contributed by atoms with van der Waals surface area (Å²) < 4.78 is 19.2. The third-order valence-electron chi connectivity index (χ3n) is 7.68. The summed E-state index contributed by atoms with van der Waals surface area (Å²) >= 11 is 0. The molecular formula is C26H29FN2O2. The number of hydrogen-bond acceptors (Lipinski definition) is 4. The molecule has 2 aliphatic carbocycles. The van der Waals surface area contributed by atoms with E-state index in [1.54, 1.807) is 12.3 Å². The Hall–Kier alpha value is -2.53. The van der Waals surface area contributed by atoms with Gasteiger partial charge in [-0.3, -0.25) is 9.78 Å². The highest BCUT2D eigenvalue weighted by atomic mass is 19.1. The lowest BCUT2D eigenvalue weighted by atomic mass is 9.56. The van der Waals surface area contributed by atoms with Crippen LogP contribution in [0.2, 0.25) is 0 Å². The smallest absolute Gasteiger partial charge is 0.309 e. The molecule has 5 heteroatoms. The molecule has 31 heavy (non-hydrogen) atoms. The molecule has 2 heterocycles. The average molecular weight is 421 g/mol. The molecule has 0 radical (unpaired) electrons. The van der Waals surface area contributed by atoms with Crippen LogP contribution in [0.25, 0.3) is 17.2 Å². The van der Waals surface area contributed by atoms with Crippen molar-refractivity contribution in [3.63, 3.8) is 0 Å². The lowest BCUT2D eigenvalue weighted by molar-refractivity contribution is -0.144. The molecule has 0 bridgehead atoms. The third kappa shape index (κ3) is 3.80. The Bertz CT molecular complexity index is 989. The van der Waals surface area contributed by atoms with Gasteiger partial charge in [-0.05, 0) is 73.8 Å². The van der Waals surface area contributed by atoms with Gasteiger partial charge in [0.05, 0.1) is 11.6 Å². The minimum absolute atomic E-state index is 0.0432. The Balaban J connectivity index is 1.40. The molecule has 1 saturated heterocycles. The van der Waals surface area contributed by atoms with Crippen LogP contribution in [0.3, 0.4) is 0 Å². The number of carbonyl (C=O) groups is 1. The fourth-order valence-electron chi connectivity index (χ4n) is 6.23. The van der Waals surface area contributed by atoms with Gasteiger partial charge in [-0.15, -0.1) is 0 Å². The van der Waals surface area contributed by atoms with Crippen LogP contribution in [0.4, 0.5) is 4.39 Å². The highest BCUT2D eigenvalue weighted by molar-refractivity contribution is 5.75. The van der Waals surface area contributed by atoms with Crippen LogP contribution in [-0.4, -0.2) is 23.1 Å². The first-order chi connectivity index (χ1) is 15.0. The van der Waals surface area contributed by atoms with E-state index in [-0.39, 0.29) is 41.7 Å². The van der Waals surface area contributed by atoms with E-state index in [1.165, 1.54) is 12.1 Å². The van der Waals surface area contributed by atoms with Crippen molar-refractivity contribution in [3.8, 4) is 11.1 Å². The number of nitrogens with zero attached hydrogens (tertiary/aromatic N) is 1. The first-order valence-electron chi connectivity index (χ1n) is 11.4. The molecular weight excluding hydrogens is 391 g/mol. The summed E-state index contributed by atoms with van der Waals surface area (Å²) in [4.78, 5) is 17.1. The molecule has 5 rings (SSSR count). The maximum absolute atomic E-state index is 13.5. The van der Waals surface area contributed by atoms with E-state index in [0.29, 0.717) is 11.8 Å². The Morgan fingerprint density at radius 3 is 2.81 bits per heavy atom. The van der Waals surface area contributed by atoms with Crippen molar-refractivity contribution in [3.05, 3.63) is 60.2 Å². The van der Waals surface area contributed by atoms with Crippen molar-refractivity contribution in [2.45, 2.75) is 44.8 Å². The highest BCUT2D eigenvalue weighted by Gasteiger charge is 2.55. The van der Waals surface area contributed by atoms with Crippen molar-refractivity contribution in [1.82, 2.24) is 4.98 Å². The highest BCUT2D eigenvalue weighted by Crippen LogP contribution is 2.53. The number of halogens is 1. The Kier molecular flexibility index (Phi) is 5.39. The number of fused-ring (bicyclic) bond motifs is 2. The minimum atomic E-state index is -0.254. The van der Waals surface area contributed by atoms with Gasteiger partial charge >= 0.3 is 5.97 Å². The predicted octanol–water partition coefficient (Wildman–Crippen LogP) is 4.84. The number of carbonyl (C=O) groups excluding carboxylic acids is 1. The number of cyclic esters (lactones) is 1. The quantitative estimate of drug-likeness (QED) is 0.722. The number of pyridine rings is 1. The van der Waals surface area contributed by atoms with Gasteiger partial charge in [0.1, 0.15) is 11.9 Å². The minimum Gasteiger partial charge on any atom is -0.462 e. The van der Waals surface area contributed by atoms with E-state index in [2.05, 4.69) is 17.1 Å². The second-order valence-electron chi connectivity index (χ2n) is 9.40. The Morgan fingerprint density at radius 1 is 1.16 bits per heavy atom. The standard InChI is InChI=1S/C26H29FN2O2/c1-15-25-21(20-6-3-7-24(28)22(20)13-23(25)26(30)31-15)11-10-19-9-8-17(14-29-19)16-4-2-5-18(27)12-16/h2,4-5,8-12,14-15,20-25H,3,6-7,13,28H2,1H3/t15-,20+,21+,22+,23-,24-,25+/m1/s1. The van der Waals surface area contributed by atoms with Crippen LogP contribution in [-0.2, 0) is 9.53 Å². The summed E-state index contributed by atoms with van der Waals surface area (Å²) in [6, 6.07) is 10.6. The normalized spacial score (nSPS) is 34.9. The van der Waals surface area contributed by atoms with Crippen molar-refractivity contribution in [1.29, 1.82) is 0 Å². The molecule has 162 valence electrons. The lowest BCUT2D eigenvalue weighted by Crippen LogP contribution is -2.49. The summed E-state index contributed by atoms with van der Waals surface area (Å²) in [7, 11) is 0. The van der Waals surface area contributed by atoms with Gasteiger partial charge < -0.3 is 10.5 Å². The Morgan fingerprint density at radius 2 is 2.03 bits per heavy atom. The summed E-state index contributed by atoms with van der Waals surface area (Å²) in [6.45, 7) is 2.03. The SMILES string of the molecule is C[C@H]1OC(=O)[C@@H]2C[C@H]3[C@@H](CCC[C@H]3N)[C@H](C=Cc3ccc(-c4cccc(F)c4)cn3)[C@H]12. The van der Waals surface area contributed by atoms with Gasteiger partial charge in [-0.1, -0.05) is 30.7 Å². The van der Waals surface area contributed by atoms with Crippen LogP contribution in [0.15, 0.2) is 48.7 Å². The molecule has 0 amide bonds. The molecule has 1 aliphatic heterocycles. The number of rotatable bonds is 3. The zero-order valence-corrected chi connectivity index (χ0v) is 17.8. The number of hydrogen-bond donors (Lipinski definition) is 1. The van der Waals surface area contributed by atoms with Crippen LogP contribution in [0.5, 0.6) is 0 Å². The topological polar surface area (TPSA) is 65.2 Å². The van der Waals surface area contributed by atoms with E-state index in [1.807, 2.05) is 25.1 Å². The molecule has 4 nitrogen and oxygen atoms in total. The zero-order chi connectivity index (χ0) is 21.5. The van der Waals surface area contributed by atoms with Crippen molar-refractivity contribution in [2.75, 3.05) is 0 Å². The van der Waals surface area contributed by atoms with Crippen molar-refractivity contribution >= 4 is 12.0 Å². The van der Waals surface area contributed by atoms with Gasteiger partial charge in [0.25, 0.3) is 0 Å². The maximum atomic E-state index is 13.5. The van der Waals surface area contributed by atoms with Gasteiger partial charge in [0.2, 0.25) is 0 Å². The van der Waals surface area contributed by atoms with E-state index >= 15 is 0 Å². The molecule has 1 aromatic heterocycles. The van der Waals surface area contributed by atoms with Crippen LogP contribution in [0.1, 0.15) is 38.3 Å². The molecule has 2 saturated carbocycles. The van der Waals surface area contributed by atoms with Crippen LogP contribution >= 0.6 is 0 Å². The van der Waals surface area contributed by atoms with Gasteiger partial charge in [-0.25, -0.2) is 4.39 Å².